The first kappa shape index (κ1) is 13.2. The van der Waals surface area contributed by atoms with Crippen molar-refractivity contribution in [2.75, 3.05) is 39.3 Å². The van der Waals surface area contributed by atoms with E-state index in [2.05, 4.69) is 15.1 Å². The molecule has 5 heteroatoms. The van der Waals surface area contributed by atoms with Crippen LogP contribution < -0.4 is 5.32 Å². The Labute approximate surface area is 119 Å². The topological polar surface area (TPSA) is 38.7 Å². The minimum Gasteiger partial charge on any atom is -0.508 e. The Bertz CT molecular complexity index is 422. The van der Waals surface area contributed by atoms with E-state index in [4.69, 9.17) is 11.6 Å². The molecule has 0 unspecified atom stereocenters. The Morgan fingerprint density at radius 1 is 1.21 bits per heavy atom. The van der Waals surface area contributed by atoms with Gasteiger partial charge in [-0.05, 0) is 12.1 Å². The van der Waals surface area contributed by atoms with Crippen LogP contribution in [0, 0.1) is 0 Å². The fourth-order valence-corrected chi connectivity index (χ4v) is 2.97. The molecule has 0 atom stereocenters. The second-order valence-corrected chi connectivity index (χ2v) is 5.77. The van der Waals surface area contributed by atoms with E-state index in [1.807, 2.05) is 6.07 Å². The van der Waals surface area contributed by atoms with E-state index in [9.17, 15) is 5.11 Å². The molecule has 0 saturated carbocycles. The molecule has 0 bridgehead atoms. The SMILES string of the molecule is Oc1cccc(Cl)c1CN1CCN(C2CNC2)CC1. The number of nitrogens with zero attached hydrogens (tertiary/aromatic N) is 2. The van der Waals surface area contributed by atoms with E-state index in [0.29, 0.717) is 10.8 Å². The van der Waals surface area contributed by atoms with Crippen molar-refractivity contribution in [1.29, 1.82) is 0 Å². The molecule has 2 aliphatic heterocycles. The van der Waals surface area contributed by atoms with Crippen molar-refractivity contribution in [2.45, 2.75) is 12.6 Å². The van der Waals surface area contributed by atoms with Gasteiger partial charge in [0.2, 0.25) is 0 Å². The molecule has 3 rings (SSSR count). The maximum atomic E-state index is 9.88. The lowest BCUT2D eigenvalue weighted by Gasteiger charge is -2.43. The molecule has 1 aromatic rings. The van der Waals surface area contributed by atoms with Gasteiger partial charge < -0.3 is 10.4 Å². The van der Waals surface area contributed by atoms with Crippen LogP contribution in [0.3, 0.4) is 0 Å². The molecule has 2 fully saturated rings. The van der Waals surface area contributed by atoms with Crippen molar-refractivity contribution in [1.82, 2.24) is 15.1 Å². The highest BCUT2D eigenvalue weighted by molar-refractivity contribution is 6.31. The van der Waals surface area contributed by atoms with Crippen LogP contribution in [0.4, 0.5) is 0 Å². The molecule has 0 radical (unpaired) electrons. The van der Waals surface area contributed by atoms with Gasteiger partial charge in [0.15, 0.2) is 0 Å². The summed E-state index contributed by atoms with van der Waals surface area (Å²) in [5.74, 6) is 0.304. The number of hydrogen-bond acceptors (Lipinski definition) is 4. The first-order valence-corrected chi connectivity index (χ1v) is 7.25. The number of hydrogen-bond donors (Lipinski definition) is 2. The minimum atomic E-state index is 0.304. The molecule has 2 heterocycles. The largest absolute Gasteiger partial charge is 0.508 e. The van der Waals surface area contributed by atoms with Crippen molar-refractivity contribution < 1.29 is 5.11 Å². The third-order valence-corrected chi connectivity index (χ3v) is 4.51. The normalized spacial score (nSPS) is 22.4. The van der Waals surface area contributed by atoms with Crippen molar-refractivity contribution in [3.05, 3.63) is 28.8 Å². The Hall–Kier alpha value is -0.810. The highest BCUT2D eigenvalue weighted by Gasteiger charge is 2.27. The number of phenolic OH excluding ortho intramolecular Hbond substituents is 1. The van der Waals surface area contributed by atoms with E-state index >= 15 is 0 Å². The monoisotopic (exact) mass is 281 g/mol. The fraction of sp³-hybridized carbons (Fsp3) is 0.571. The summed E-state index contributed by atoms with van der Waals surface area (Å²) < 4.78 is 0. The summed E-state index contributed by atoms with van der Waals surface area (Å²) in [6.07, 6.45) is 0. The molecular formula is C14H20ClN3O. The number of piperazine rings is 1. The zero-order valence-corrected chi connectivity index (χ0v) is 11.7. The van der Waals surface area contributed by atoms with Crippen molar-refractivity contribution >= 4 is 11.6 Å². The van der Waals surface area contributed by atoms with Crippen LogP contribution in [0.1, 0.15) is 5.56 Å². The summed E-state index contributed by atoms with van der Waals surface area (Å²) in [5.41, 5.74) is 0.850. The van der Waals surface area contributed by atoms with E-state index < -0.39 is 0 Å². The van der Waals surface area contributed by atoms with Crippen molar-refractivity contribution in [3.63, 3.8) is 0 Å². The van der Waals surface area contributed by atoms with Gasteiger partial charge in [-0.3, -0.25) is 9.80 Å². The highest BCUT2D eigenvalue weighted by Crippen LogP contribution is 2.27. The molecule has 0 aliphatic carbocycles. The molecule has 0 amide bonds. The van der Waals surface area contributed by atoms with Gasteiger partial charge in [-0.25, -0.2) is 0 Å². The van der Waals surface area contributed by atoms with Gasteiger partial charge in [0.25, 0.3) is 0 Å². The summed E-state index contributed by atoms with van der Waals surface area (Å²) in [4.78, 5) is 4.92. The number of benzene rings is 1. The van der Waals surface area contributed by atoms with Crippen molar-refractivity contribution in [3.8, 4) is 5.75 Å². The van der Waals surface area contributed by atoms with Crippen LogP contribution in [0.2, 0.25) is 5.02 Å². The lowest BCUT2D eigenvalue weighted by molar-refractivity contribution is 0.0692. The van der Waals surface area contributed by atoms with E-state index in [-0.39, 0.29) is 0 Å². The van der Waals surface area contributed by atoms with Crippen LogP contribution in [0.5, 0.6) is 5.75 Å². The first-order chi connectivity index (χ1) is 9.24. The van der Waals surface area contributed by atoms with E-state index in [1.165, 1.54) is 0 Å². The predicted octanol–water partition coefficient (Wildman–Crippen LogP) is 1.13. The molecule has 2 saturated heterocycles. The summed E-state index contributed by atoms with van der Waals surface area (Å²) in [6.45, 7) is 7.30. The highest BCUT2D eigenvalue weighted by atomic mass is 35.5. The minimum absolute atomic E-state index is 0.304. The standard InChI is InChI=1S/C14H20ClN3O/c15-13-2-1-3-14(19)12(13)10-17-4-6-18(7-5-17)11-8-16-9-11/h1-3,11,16,19H,4-10H2. The van der Waals surface area contributed by atoms with Crippen LogP contribution in [0.25, 0.3) is 0 Å². The Kier molecular flexibility index (Phi) is 3.93. The smallest absolute Gasteiger partial charge is 0.121 e. The van der Waals surface area contributed by atoms with E-state index in [1.54, 1.807) is 12.1 Å². The van der Waals surface area contributed by atoms with Crippen molar-refractivity contribution in [2.24, 2.45) is 0 Å². The lowest BCUT2D eigenvalue weighted by Crippen LogP contribution is -2.61. The molecule has 2 N–H and O–H groups in total. The van der Waals surface area contributed by atoms with Crippen LogP contribution >= 0.6 is 11.6 Å². The van der Waals surface area contributed by atoms with Gasteiger partial charge in [0, 0.05) is 62.4 Å². The van der Waals surface area contributed by atoms with Gasteiger partial charge in [0.05, 0.1) is 0 Å². The quantitative estimate of drug-likeness (QED) is 0.871. The van der Waals surface area contributed by atoms with Crippen LogP contribution in [0.15, 0.2) is 18.2 Å². The van der Waals surface area contributed by atoms with Gasteiger partial charge in [-0.1, -0.05) is 17.7 Å². The van der Waals surface area contributed by atoms with Gasteiger partial charge in [0.1, 0.15) is 5.75 Å². The number of halogens is 1. The molecule has 4 nitrogen and oxygen atoms in total. The Morgan fingerprint density at radius 2 is 1.95 bits per heavy atom. The maximum Gasteiger partial charge on any atom is 0.121 e. The first-order valence-electron chi connectivity index (χ1n) is 6.87. The number of nitrogens with one attached hydrogen (secondary N) is 1. The molecule has 0 spiro atoms. The predicted molar refractivity (Wildman–Crippen MR) is 76.6 cm³/mol. The molecule has 1 aromatic carbocycles. The van der Waals surface area contributed by atoms with E-state index in [0.717, 1.165) is 57.4 Å². The third kappa shape index (κ3) is 2.87. The second-order valence-electron chi connectivity index (χ2n) is 5.36. The average Bonchev–Trinajstić information content (AvgIpc) is 2.34. The van der Waals surface area contributed by atoms with Gasteiger partial charge in [-0.15, -0.1) is 0 Å². The summed E-state index contributed by atoms with van der Waals surface area (Å²) in [7, 11) is 0. The zero-order chi connectivity index (χ0) is 13.2. The molecular weight excluding hydrogens is 262 g/mol. The van der Waals surface area contributed by atoms with Gasteiger partial charge in [-0.2, -0.15) is 0 Å². The molecule has 19 heavy (non-hydrogen) atoms. The van der Waals surface area contributed by atoms with Crippen LogP contribution in [-0.2, 0) is 6.54 Å². The Balaban J connectivity index is 1.57. The summed E-state index contributed by atoms with van der Waals surface area (Å²) in [6, 6.07) is 6.06. The summed E-state index contributed by atoms with van der Waals surface area (Å²) >= 11 is 6.15. The molecule has 0 aromatic heterocycles. The third-order valence-electron chi connectivity index (χ3n) is 4.16. The number of aromatic hydroxyl groups is 1. The average molecular weight is 282 g/mol. The zero-order valence-electron chi connectivity index (χ0n) is 11.0. The van der Waals surface area contributed by atoms with Crippen LogP contribution in [-0.4, -0.2) is 60.2 Å². The second kappa shape index (κ2) is 5.67. The number of rotatable bonds is 3. The fourth-order valence-electron chi connectivity index (χ4n) is 2.75. The molecule has 2 aliphatic rings. The maximum absolute atomic E-state index is 9.88. The molecule has 104 valence electrons. The van der Waals surface area contributed by atoms with Gasteiger partial charge >= 0.3 is 0 Å². The Morgan fingerprint density at radius 3 is 2.53 bits per heavy atom. The lowest BCUT2D eigenvalue weighted by atomic mass is 10.1. The number of phenols is 1. The summed E-state index contributed by atoms with van der Waals surface area (Å²) in [5, 5.41) is 13.9.